The van der Waals surface area contributed by atoms with E-state index in [1.807, 2.05) is 69.3 Å². The van der Waals surface area contributed by atoms with Crippen LogP contribution in [0.25, 0.3) is 6.08 Å². The van der Waals surface area contributed by atoms with Crippen LogP contribution in [0.15, 0.2) is 47.4 Å². The number of nitrogens with zero attached hydrogens (tertiary/aromatic N) is 1. The van der Waals surface area contributed by atoms with Crippen LogP contribution in [-0.2, 0) is 4.79 Å². The predicted octanol–water partition coefficient (Wildman–Crippen LogP) is 5.20. The second-order valence-corrected chi connectivity index (χ2v) is 7.60. The fraction of sp³-hybridized carbons (Fsp3) is 0.238. The highest BCUT2D eigenvalue weighted by Gasteiger charge is 2.33. The molecule has 0 radical (unpaired) electrons. The zero-order valence-corrected chi connectivity index (χ0v) is 17.2. The summed E-state index contributed by atoms with van der Waals surface area (Å²) in [6.45, 7) is 6.95. The lowest BCUT2D eigenvalue weighted by Gasteiger charge is -2.14. The molecule has 1 amide bonds. The van der Waals surface area contributed by atoms with Crippen LogP contribution in [0, 0.1) is 6.92 Å². The molecule has 6 heteroatoms. The first kappa shape index (κ1) is 19.5. The van der Waals surface area contributed by atoms with Crippen LogP contribution in [0.4, 0.5) is 5.69 Å². The van der Waals surface area contributed by atoms with Crippen molar-refractivity contribution in [3.8, 4) is 11.5 Å². The lowest BCUT2D eigenvalue weighted by atomic mass is 10.1. The number of amides is 1. The first-order valence-electron chi connectivity index (χ1n) is 8.77. The number of hydrogen-bond donors (Lipinski definition) is 0. The smallest absolute Gasteiger partial charge is 0.270 e. The zero-order chi connectivity index (χ0) is 19.4. The molecule has 0 atom stereocenters. The molecule has 1 aliphatic heterocycles. The quantitative estimate of drug-likeness (QED) is 0.493. The third-order valence-electron chi connectivity index (χ3n) is 3.92. The summed E-state index contributed by atoms with van der Waals surface area (Å²) >= 11 is 6.75. The second-order valence-electron chi connectivity index (χ2n) is 5.93. The average Bonchev–Trinajstić information content (AvgIpc) is 2.91. The maximum atomic E-state index is 12.9. The summed E-state index contributed by atoms with van der Waals surface area (Å²) in [5, 5.41) is 0. The lowest BCUT2D eigenvalue weighted by Crippen LogP contribution is -2.27. The maximum absolute atomic E-state index is 12.9. The van der Waals surface area contributed by atoms with Crippen molar-refractivity contribution in [1.82, 2.24) is 0 Å². The molecule has 0 saturated carbocycles. The molecule has 1 heterocycles. The first-order chi connectivity index (χ1) is 13.0. The van der Waals surface area contributed by atoms with Gasteiger partial charge >= 0.3 is 0 Å². The molecule has 3 rings (SSSR count). The summed E-state index contributed by atoms with van der Waals surface area (Å²) < 4.78 is 11.8. The third-order valence-corrected chi connectivity index (χ3v) is 5.22. The Balaban J connectivity index is 1.90. The number of hydrogen-bond acceptors (Lipinski definition) is 5. The van der Waals surface area contributed by atoms with Crippen molar-refractivity contribution in [3.05, 3.63) is 58.5 Å². The van der Waals surface area contributed by atoms with Gasteiger partial charge in [0, 0.05) is 0 Å². The number of thioether (sulfide) groups is 1. The molecule has 4 nitrogen and oxygen atoms in total. The third kappa shape index (κ3) is 4.34. The summed E-state index contributed by atoms with van der Waals surface area (Å²) in [6, 6.07) is 13.4. The van der Waals surface area contributed by atoms with E-state index in [1.165, 1.54) is 11.8 Å². The van der Waals surface area contributed by atoms with Crippen LogP contribution in [0.1, 0.15) is 25.0 Å². The Morgan fingerprint density at radius 1 is 1.07 bits per heavy atom. The van der Waals surface area contributed by atoms with Crippen LogP contribution in [0.5, 0.6) is 11.5 Å². The second kappa shape index (κ2) is 8.59. The number of aryl methyl sites for hydroxylation is 1. The number of thiocarbonyl (C=S) groups is 1. The summed E-state index contributed by atoms with van der Waals surface area (Å²) in [4.78, 5) is 15.1. The van der Waals surface area contributed by atoms with Crippen molar-refractivity contribution >= 4 is 46.0 Å². The number of carbonyl (C=O) groups excluding carboxylic acids is 1. The molecule has 1 fully saturated rings. The van der Waals surface area contributed by atoms with E-state index in [0.717, 1.165) is 16.8 Å². The van der Waals surface area contributed by atoms with Gasteiger partial charge in [-0.25, -0.2) is 0 Å². The van der Waals surface area contributed by atoms with E-state index in [1.54, 1.807) is 4.90 Å². The van der Waals surface area contributed by atoms with E-state index in [2.05, 4.69) is 0 Å². The molecular formula is C21H21NO3S2. The van der Waals surface area contributed by atoms with Crippen LogP contribution >= 0.6 is 24.0 Å². The van der Waals surface area contributed by atoms with Crippen molar-refractivity contribution < 1.29 is 14.3 Å². The van der Waals surface area contributed by atoms with Crippen molar-refractivity contribution in [3.63, 3.8) is 0 Å². The van der Waals surface area contributed by atoms with Gasteiger partial charge in [-0.05, 0) is 62.2 Å². The monoisotopic (exact) mass is 399 g/mol. The van der Waals surface area contributed by atoms with Crippen molar-refractivity contribution in [2.24, 2.45) is 0 Å². The van der Waals surface area contributed by atoms with Crippen molar-refractivity contribution in [1.29, 1.82) is 0 Å². The summed E-state index contributed by atoms with van der Waals surface area (Å²) in [5.41, 5.74) is 2.74. The van der Waals surface area contributed by atoms with Gasteiger partial charge < -0.3 is 9.47 Å². The minimum atomic E-state index is -0.109. The molecular weight excluding hydrogens is 378 g/mol. The van der Waals surface area contributed by atoms with E-state index in [4.69, 9.17) is 21.7 Å². The minimum Gasteiger partial charge on any atom is -0.490 e. The van der Waals surface area contributed by atoms with Crippen LogP contribution in [0.2, 0.25) is 0 Å². The highest BCUT2D eigenvalue weighted by Crippen LogP contribution is 2.37. The van der Waals surface area contributed by atoms with Gasteiger partial charge in [0.2, 0.25) is 0 Å². The lowest BCUT2D eigenvalue weighted by molar-refractivity contribution is -0.113. The zero-order valence-electron chi connectivity index (χ0n) is 15.5. The Morgan fingerprint density at radius 2 is 1.81 bits per heavy atom. The number of benzene rings is 2. The molecule has 0 N–H and O–H groups in total. The average molecular weight is 400 g/mol. The molecule has 2 aromatic carbocycles. The molecule has 0 aromatic heterocycles. The van der Waals surface area contributed by atoms with Gasteiger partial charge in [0.25, 0.3) is 5.91 Å². The first-order valence-corrected chi connectivity index (χ1v) is 10.00. The van der Waals surface area contributed by atoms with Crippen molar-refractivity contribution in [2.45, 2.75) is 20.8 Å². The van der Waals surface area contributed by atoms with Gasteiger partial charge in [0.15, 0.2) is 15.8 Å². The fourth-order valence-electron chi connectivity index (χ4n) is 2.77. The molecule has 0 bridgehead atoms. The fourth-order valence-corrected chi connectivity index (χ4v) is 4.07. The number of rotatable bonds is 6. The van der Waals surface area contributed by atoms with Gasteiger partial charge in [-0.3, -0.25) is 9.69 Å². The van der Waals surface area contributed by atoms with E-state index >= 15 is 0 Å². The van der Waals surface area contributed by atoms with Gasteiger partial charge in [-0.15, -0.1) is 0 Å². The minimum absolute atomic E-state index is 0.109. The van der Waals surface area contributed by atoms with Gasteiger partial charge in [0.05, 0.1) is 23.8 Å². The molecule has 1 saturated heterocycles. The number of ether oxygens (including phenoxy) is 2. The molecule has 0 unspecified atom stereocenters. The highest BCUT2D eigenvalue weighted by molar-refractivity contribution is 8.27. The predicted molar refractivity (Wildman–Crippen MR) is 116 cm³/mol. The molecule has 0 aliphatic carbocycles. The van der Waals surface area contributed by atoms with E-state index in [-0.39, 0.29) is 5.91 Å². The molecule has 0 spiro atoms. The topological polar surface area (TPSA) is 38.8 Å². The Bertz CT molecular complexity index is 908. The largest absolute Gasteiger partial charge is 0.490 e. The van der Waals surface area contributed by atoms with E-state index in [9.17, 15) is 4.79 Å². The molecule has 2 aromatic rings. The summed E-state index contributed by atoms with van der Waals surface area (Å²) in [7, 11) is 0. The molecule has 140 valence electrons. The number of carbonyl (C=O) groups is 1. The Morgan fingerprint density at radius 3 is 2.52 bits per heavy atom. The van der Waals surface area contributed by atoms with Crippen LogP contribution in [0.3, 0.4) is 0 Å². The van der Waals surface area contributed by atoms with Crippen molar-refractivity contribution in [2.75, 3.05) is 18.1 Å². The van der Waals surface area contributed by atoms with Crippen LogP contribution in [-0.4, -0.2) is 23.4 Å². The van der Waals surface area contributed by atoms with Gasteiger partial charge in [-0.2, -0.15) is 0 Å². The Labute approximate surface area is 169 Å². The van der Waals surface area contributed by atoms with Crippen LogP contribution < -0.4 is 14.4 Å². The van der Waals surface area contributed by atoms with Gasteiger partial charge in [-0.1, -0.05) is 42.2 Å². The number of anilines is 1. The van der Waals surface area contributed by atoms with E-state index < -0.39 is 0 Å². The SMILES string of the molecule is CCOc1ccc(/C=C2\SC(=S)N(c3cccc(C)c3)C2=O)cc1OCC. The maximum Gasteiger partial charge on any atom is 0.270 e. The highest BCUT2D eigenvalue weighted by atomic mass is 32.2. The molecule has 27 heavy (non-hydrogen) atoms. The Hall–Kier alpha value is -2.31. The Kier molecular flexibility index (Phi) is 6.19. The standard InChI is InChI=1S/C21H21NO3S2/c1-4-24-17-10-9-15(12-18(17)25-5-2)13-19-20(23)22(21(26)27-19)16-8-6-7-14(3)11-16/h6-13H,4-5H2,1-3H3/b19-13-. The van der Waals surface area contributed by atoms with Gasteiger partial charge in [0.1, 0.15) is 0 Å². The molecule has 1 aliphatic rings. The normalized spacial score (nSPS) is 15.5. The summed E-state index contributed by atoms with van der Waals surface area (Å²) in [6.07, 6.45) is 1.84. The summed E-state index contributed by atoms with van der Waals surface area (Å²) in [5.74, 6) is 1.26. The van der Waals surface area contributed by atoms with E-state index in [0.29, 0.717) is 33.9 Å².